The van der Waals surface area contributed by atoms with Gasteiger partial charge in [0.25, 0.3) is 0 Å². The Morgan fingerprint density at radius 3 is 2.82 bits per heavy atom. The summed E-state index contributed by atoms with van der Waals surface area (Å²) < 4.78 is 5.95. The van der Waals surface area contributed by atoms with E-state index in [1.54, 1.807) is 6.07 Å². The molecule has 2 aliphatic rings. The largest absolute Gasteiger partial charge is 0.375 e. The van der Waals surface area contributed by atoms with Crippen molar-refractivity contribution >= 4 is 17.5 Å². The second-order valence-electron chi connectivity index (χ2n) is 6.42. The van der Waals surface area contributed by atoms with Crippen LogP contribution in [0.1, 0.15) is 44.1 Å². The molecule has 1 aromatic carbocycles. The van der Waals surface area contributed by atoms with Crippen LogP contribution in [0.4, 0.5) is 0 Å². The van der Waals surface area contributed by atoms with Crippen LogP contribution < -0.4 is 0 Å². The van der Waals surface area contributed by atoms with Crippen molar-refractivity contribution in [2.45, 2.75) is 50.7 Å². The highest BCUT2D eigenvalue weighted by atomic mass is 35.5. The van der Waals surface area contributed by atoms with Gasteiger partial charge in [-0.25, -0.2) is 5.06 Å². The summed E-state index contributed by atoms with van der Waals surface area (Å²) in [6, 6.07) is 7.26. The third-order valence-corrected chi connectivity index (χ3v) is 5.26. The van der Waals surface area contributed by atoms with Crippen molar-refractivity contribution in [2.24, 2.45) is 5.92 Å². The number of benzene rings is 1. The fourth-order valence-corrected chi connectivity index (χ4v) is 3.88. The van der Waals surface area contributed by atoms with E-state index in [4.69, 9.17) is 16.3 Å². The van der Waals surface area contributed by atoms with Gasteiger partial charge in [-0.2, -0.15) is 0 Å². The molecule has 1 heterocycles. The summed E-state index contributed by atoms with van der Waals surface area (Å²) in [7, 11) is 0. The SMILES string of the molecule is O=C(C1CCOC2(CCCC2)C1)N(O)Cc1ccccc1Cl. The number of carbonyl (C=O) groups excluding carboxylic acids is 1. The van der Waals surface area contributed by atoms with Crippen LogP contribution in [0.15, 0.2) is 24.3 Å². The van der Waals surface area contributed by atoms with E-state index in [2.05, 4.69) is 0 Å². The van der Waals surface area contributed by atoms with E-state index in [1.165, 1.54) is 12.8 Å². The Morgan fingerprint density at radius 2 is 2.09 bits per heavy atom. The molecule has 0 bridgehead atoms. The highest BCUT2D eigenvalue weighted by molar-refractivity contribution is 6.31. The molecule has 1 aromatic rings. The zero-order chi connectivity index (χ0) is 15.6. The monoisotopic (exact) mass is 323 g/mol. The van der Waals surface area contributed by atoms with E-state index in [0.29, 0.717) is 18.1 Å². The fourth-order valence-electron chi connectivity index (χ4n) is 3.68. The average molecular weight is 324 g/mol. The minimum absolute atomic E-state index is 0.121. The third-order valence-electron chi connectivity index (χ3n) is 4.89. The molecule has 1 aliphatic carbocycles. The van der Waals surface area contributed by atoms with Gasteiger partial charge in [-0.3, -0.25) is 10.0 Å². The molecule has 1 saturated carbocycles. The van der Waals surface area contributed by atoms with Crippen LogP contribution >= 0.6 is 11.6 Å². The zero-order valence-corrected chi connectivity index (χ0v) is 13.4. The smallest absolute Gasteiger partial charge is 0.249 e. The summed E-state index contributed by atoms with van der Waals surface area (Å²) >= 11 is 6.09. The molecule has 4 nitrogen and oxygen atoms in total. The maximum Gasteiger partial charge on any atom is 0.249 e. The molecule has 3 rings (SSSR count). The highest BCUT2D eigenvalue weighted by Crippen LogP contribution is 2.42. The van der Waals surface area contributed by atoms with E-state index >= 15 is 0 Å². The van der Waals surface area contributed by atoms with Crippen LogP contribution in [0.25, 0.3) is 0 Å². The summed E-state index contributed by atoms with van der Waals surface area (Å²) in [5, 5.41) is 11.5. The van der Waals surface area contributed by atoms with Crippen LogP contribution in [0.2, 0.25) is 5.02 Å². The normalized spacial score (nSPS) is 23.6. The van der Waals surface area contributed by atoms with Gasteiger partial charge in [0.05, 0.1) is 12.1 Å². The third kappa shape index (κ3) is 3.29. The van der Waals surface area contributed by atoms with E-state index in [0.717, 1.165) is 29.9 Å². The van der Waals surface area contributed by atoms with Crippen molar-refractivity contribution < 1.29 is 14.7 Å². The molecular weight excluding hydrogens is 302 g/mol. The lowest BCUT2D eigenvalue weighted by Crippen LogP contribution is -2.43. The summed E-state index contributed by atoms with van der Waals surface area (Å²) in [6.07, 6.45) is 5.82. The van der Waals surface area contributed by atoms with Crippen molar-refractivity contribution in [1.82, 2.24) is 5.06 Å². The standard InChI is InChI=1S/C17H22ClNO3/c18-15-6-2-1-5-14(15)12-19(21)16(20)13-7-10-22-17(11-13)8-3-4-9-17/h1-2,5-6,13,21H,3-4,7-12H2. The minimum Gasteiger partial charge on any atom is -0.375 e. The number of ether oxygens (including phenoxy) is 1. The molecular formula is C17H22ClNO3. The lowest BCUT2D eigenvalue weighted by molar-refractivity contribution is -0.181. The minimum atomic E-state index is -0.213. The van der Waals surface area contributed by atoms with Crippen LogP contribution in [-0.4, -0.2) is 28.4 Å². The Labute approximate surface area is 136 Å². The van der Waals surface area contributed by atoms with E-state index in [9.17, 15) is 10.0 Å². The van der Waals surface area contributed by atoms with E-state index in [1.807, 2.05) is 18.2 Å². The van der Waals surface area contributed by atoms with Crippen LogP contribution in [0.3, 0.4) is 0 Å². The zero-order valence-electron chi connectivity index (χ0n) is 12.6. The first kappa shape index (κ1) is 15.8. The fraction of sp³-hybridized carbons (Fsp3) is 0.588. The predicted octanol–water partition coefficient (Wildman–Crippen LogP) is 3.80. The van der Waals surface area contributed by atoms with Crippen molar-refractivity contribution in [2.75, 3.05) is 6.61 Å². The molecule has 0 radical (unpaired) electrons. The van der Waals surface area contributed by atoms with Gasteiger partial charge in [0.15, 0.2) is 0 Å². The Bertz CT molecular complexity index is 542. The van der Waals surface area contributed by atoms with Crippen LogP contribution in [0.5, 0.6) is 0 Å². The van der Waals surface area contributed by atoms with Gasteiger partial charge in [-0.1, -0.05) is 42.6 Å². The van der Waals surface area contributed by atoms with Gasteiger partial charge >= 0.3 is 0 Å². The summed E-state index contributed by atoms with van der Waals surface area (Å²) in [6.45, 7) is 0.735. The lowest BCUT2D eigenvalue weighted by atomic mass is 9.84. The van der Waals surface area contributed by atoms with Crippen molar-refractivity contribution in [3.8, 4) is 0 Å². The second-order valence-corrected chi connectivity index (χ2v) is 6.82. The molecule has 1 aliphatic heterocycles. The molecule has 1 saturated heterocycles. The summed E-state index contributed by atoms with van der Waals surface area (Å²) in [5.41, 5.74) is 0.631. The number of halogens is 1. The maximum atomic E-state index is 12.5. The van der Waals surface area contributed by atoms with Crippen molar-refractivity contribution in [1.29, 1.82) is 0 Å². The molecule has 22 heavy (non-hydrogen) atoms. The molecule has 1 spiro atoms. The van der Waals surface area contributed by atoms with Gasteiger partial charge in [0, 0.05) is 17.5 Å². The molecule has 2 fully saturated rings. The lowest BCUT2D eigenvalue weighted by Gasteiger charge is -2.38. The predicted molar refractivity (Wildman–Crippen MR) is 83.7 cm³/mol. The number of carbonyl (C=O) groups is 1. The summed E-state index contributed by atoms with van der Waals surface area (Å²) in [5.74, 6) is -0.367. The highest BCUT2D eigenvalue weighted by Gasteiger charge is 2.42. The number of amides is 1. The van der Waals surface area contributed by atoms with Crippen molar-refractivity contribution in [3.63, 3.8) is 0 Å². The van der Waals surface area contributed by atoms with Crippen LogP contribution in [-0.2, 0) is 16.1 Å². The van der Waals surface area contributed by atoms with Crippen molar-refractivity contribution in [3.05, 3.63) is 34.9 Å². The Balaban J connectivity index is 1.64. The molecule has 1 amide bonds. The number of hydrogen-bond acceptors (Lipinski definition) is 3. The Morgan fingerprint density at radius 1 is 1.36 bits per heavy atom. The number of hydroxylamine groups is 2. The second kappa shape index (κ2) is 6.57. The van der Waals surface area contributed by atoms with Gasteiger partial charge in [0.1, 0.15) is 0 Å². The molecule has 1 N–H and O–H groups in total. The first-order chi connectivity index (χ1) is 10.6. The molecule has 1 atom stereocenters. The Hall–Kier alpha value is -1.10. The number of nitrogens with zero attached hydrogens (tertiary/aromatic N) is 1. The molecule has 5 heteroatoms. The Kier molecular flexibility index (Phi) is 4.71. The molecule has 0 aromatic heterocycles. The van der Waals surface area contributed by atoms with Crippen LogP contribution in [0, 0.1) is 5.92 Å². The first-order valence-electron chi connectivity index (χ1n) is 7.97. The first-order valence-corrected chi connectivity index (χ1v) is 8.35. The summed E-state index contributed by atoms with van der Waals surface area (Å²) in [4.78, 5) is 12.5. The topological polar surface area (TPSA) is 49.8 Å². The number of rotatable bonds is 3. The quantitative estimate of drug-likeness (QED) is 0.680. The average Bonchev–Trinajstić information content (AvgIpc) is 2.96. The molecule has 120 valence electrons. The maximum absolute atomic E-state index is 12.5. The van der Waals surface area contributed by atoms with Gasteiger partial charge < -0.3 is 4.74 Å². The van der Waals surface area contributed by atoms with Gasteiger partial charge in [-0.15, -0.1) is 0 Å². The number of hydrogen-bond donors (Lipinski definition) is 1. The van der Waals surface area contributed by atoms with E-state index in [-0.39, 0.29) is 24.0 Å². The molecule has 1 unspecified atom stereocenters. The van der Waals surface area contributed by atoms with Gasteiger partial charge in [0.2, 0.25) is 5.91 Å². The van der Waals surface area contributed by atoms with Gasteiger partial charge in [-0.05, 0) is 37.3 Å². The van der Waals surface area contributed by atoms with E-state index < -0.39 is 0 Å².